The third-order valence-corrected chi connectivity index (χ3v) is 8.72. The number of nitrogens with one attached hydrogen (secondary N) is 1. The summed E-state index contributed by atoms with van der Waals surface area (Å²) in [5.41, 5.74) is 10.8. The Morgan fingerprint density at radius 1 is 1.02 bits per heavy atom. The standard InChI is InChI=1S/C33H40N4O3/c1-22(38)37(3)28-15-9-23(10-16-28)17-30(39)36-27-18-29(24-7-5-4-6-8-24)31(35-19-27)25-11-13-26(14-12-25)33(34)20-32(2,40)21-33/h4-8,11-14,18-19,23,28,40H,9-10,15-17,20-21,34H2,1-3H3,(H,36,39). The van der Waals surface area contributed by atoms with Gasteiger partial charge in [0, 0.05) is 43.1 Å². The van der Waals surface area contributed by atoms with Crippen molar-refractivity contribution in [2.24, 2.45) is 11.7 Å². The number of amides is 2. The molecule has 0 saturated heterocycles. The van der Waals surface area contributed by atoms with E-state index in [-0.39, 0.29) is 17.9 Å². The van der Waals surface area contributed by atoms with E-state index in [1.54, 1.807) is 13.1 Å². The van der Waals surface area contributed by atoms with Crippen LogP contribution in [0.1, 0.15) is 64.4 Å². The summed E-state index contributed by atoms with van der Waals surface area (Å²) >= 11 is 0. The van der Waals surface area contributed by atoms with Crippen molar-refractivity contribution in [1.29, 1.82) is 0 Å². The van der Waals surface area contributed by atoms with Crippen molar-refractivity contribution in [3.8, 4) is 22.4 Å². The Labute approximate surface area is 236 Å². The van der Waals surface area contributed by atoms with E-state index in [9.17, 15) is 14.7 Å². The lowest BCUT2D eigenvalue weighted by Crippen LogP contribution is -2.58. The Morgan fingerprint density at radius 3 is 2.27 bits per heavy atom. The molecule has 0 atom stereocenters. The second kappa shape index (κ2) is 11.1. The lowest BCUT2D eigenvalue weighted by atomic mass is 9.63. The molecule has 1 aromatic heterocycles. The topological polar surface area (TPSA) is 109 Å². The van der Waals surface area contributed by atoms with E-state index in [4.69, 9.17) is 10.7 Å². The van der Waals surface area contributed by atoms with Crippen molar-refractivity contribution in [1.82, 2.24) is 9.88 Å². The van der Waals surface area contributed by atoms with Gasteiger partial charge in [-0.3, -0.25) is 14.6 Å². The van der Waals surface area contributed by atoms with E-state index >= 15 is 0 Å². The number of hydrogen-bond acceptors (Lipinski definition) is 5. The lowest BCUT2D eigenvalue weighted by molar-refractivity contribution is -0.130. The predicted octanol–water partition coefficient (Wildman–Crippen LogP) is 5.48. The molecule has 2 saturated carbocycles. The first-order valence-electron chi connectivity index (χ1n) is 14.2. The minimum atomic E-state index is -0.707. The van der Waals surface area contributed by atoms with Crippen LogP contribution in [0, 0.1) is 5.92 Å². The van der Waals surface area contributed by atoms with Crippen molar-refractivity contribution >= 4 is 17.5 Å². The highest BCUT2D eigenvalue weighted by Crippen LogP contribution is 2.46. The fourth-order valence-corrected chi connectivity index (χ4v) is 6.54. The van der Waals surface area contributed by atoms with Crippen molar-refractivity contribution in [3.05, 3.63) is 72.4 Å². The number of aliphatic hydroxyl groups is 1. The molecule has 0 spiro atoms. The van der Waals surface area contributed by atoms with E-state index in [1.165, 1.54) is 0 Å². The molecule has 7 heteroatoms. The van der Waals surface area contributed by atoms with Gasteiger partial charge < -0.3 is 21.1 Å². The Hall–Kier alpha value is -3.55. The number of benzene rings is 2. The SMILES string of the molecule is CC(=O)N(C)C1CCC(CC(=O)Nc2cnc(-c3ccc(C4(N)CC(C)(O)C4)cc3)c(-c3ccccc3)c2)CC1. The second-order valence-electron chi connectivity index (χ2n) is 12.1. The molecule has 4 N–H and O–H groups in total. The molecular weight excluding hydrogens is 500 g/mol. The van der Waals surface area contributed by atoms with Crippen LogP contribution in [0.25, 0.3) is 22.4 Å². The number of nitrogens with two attached hydrogens (primary N) is 1. The molecule has 2 aromatic carbocycles. The monoisotopic (exact) mass is 540 g/mol. The summed E-state index contributed by atoms with van der Waals surface area (Å²) in [6.07, 6.45) is 7.03. The van der Waals surface area contributed by atoms with E-state index in [2.05, 4.69) is 5.32 Å². The zero-order chi connectivity index (χ0) is 28.5. The number of pyridine rings is 1. The quantitative estimate of drug-likeness (QED) is 0.368. The molecule has 40 heavy (non-hydrogen) atoms. The second-order valence-corrected chi connectivity index (χ2v) is 12.1. The average molecular weight is 541 g/mol. The van der Waals surface area contributed by atoms with Gasteiger partial charge in [0.05, 0.1) is 23.2 Å². The van der Waals surface area contributed by atoms with Gasteiger partial charge in [-0.1, -0.05) is 54.6 Å². The van der Waals surface area contributed by atoms with Crippen LogP contribution in [0.5, 0.6) is 0 Å². The van der Waals surface area contributed by atoms with Crippen molar-refractivity contribution in [2.75, 3.05) is 12.4 Å². The fourth-order valence-electron chi connectivity index (χ4n) is 6.54. The fraction of sp³-hybridized carbons (Fsp3) is 0.424. The predicted molar refractivity (Wildman–Crippen MR) is 158 cm³/mol. The zero-order valence-electron chi connectivity index (χ0n) is 23.7. The first-order chi connectivity index (χ1) is 19.0. The molecule has 2 aliphatic carbocycles. The van der Waals surface area contributed by atoms with Gasteiger partial charge in [-0.25, -0.2) is 0 Å². The van der Waals surface area contributed by atoms with Gasteiger partial charge in [-0.2, -0.15) is 0 Å². The lowest BCUT2D eigenvalue weighted by Gasteiger charge is -2.49. The Balaban J connectivity index is 1.30. The van der Waals surface area contributed by atoms with Crippen LogP contribution in [-0.4, -0.2) is 45.5 Å². The number of carbonyl (C=O) groups is 2. The summed E-state index contributed by atoms with van der Waals surface area (Å²) in [5, 5.41) is 13.3. The van der Waals surface area contributed by atoms with Gasteiger partial charge in [0.25, 0.3) is 0 Å². The molecule has 0 unspecified atom stereocenters. The first-order valence-corrected chi connectivity index (χ1v) is 14.2. The van der Waals surface area contributed by atoms with Crippen LogP contribution in [0.15, 0.2) is 66.9 Å². The smallest absolute Gasteiger partial charge is 0.224 e. The van der Waals surface area contributed by atoms with Crippen molar-refractivity contribution < 1.29 is 14.7 Å². The van der Waals surface area contributed by atoms with E-state index in [1.807, 2.05) is 79.5 Å². The summed E-state index contributed by atoms with van der Waals surface area (Å²) in [6.45, 7) is 3.43. The number of anilines is 1. The molecule has 0 radical (unpaired) electrons. The maximum absolute atomic E-state index is 13.0. The zero-order valence-corrected chi connectivity index (χ0v) is 23.7. The normalized spacial score (nSPS) is 26.0. The molecule has 2 aliphatic rings. The maximum atomic E-state index is 13.0. The van der Waals surface area contributed by atoms with Gasteiger partial charge in [0.1, 0.15) is 0 Å². The van der Waals surface area contributed by atoms with Gasteiger partial charge in [0.15, 0.2) is 0 Å². The summed E-state index contributed by atoms with van der Waals surface area (Å²) in [6, 6.07) is 20.4. The molecule has 5 rings (SSSR count). The number of rotatable bonds is 7. The maximum Gasteiger partial charge on any atom is 0.224 e. The molecular formula is C33H40N4O3. The van der Waals surface area contributed by atoms with Crippen LogP contribution in [0.3, 0.4) is 0 Å². The molecule has 0 bridgehead atoms. The van der Waals surface area contributed by atoms with Crippen LogP contribution >= 0.6 is 0 Å². The Morgan fingerprint density at radius 2 is 1.68 bits per heavy atom. The number of hydrogen-bond donors (Lipinski definition) is 3. The molecule has 2 fully saturated rings. The number of aromatic nitrogens is 1. The largest absolute Gasteiger partial charge is 0.390 e. The summed E-state index contributed by atoms with van der Waals surface area (Å²) in [5.74, 6) is 0.408. The molecule has 7 nitrogen and oxygen atoms in total. The minimum Gasteiger partial charge on any atom is -0.390 e. The highest BCUT2D eigenvalue weighted by atomic mass is 16.3. The van der Waals surface area contributed by atoms with Gasteiger partial charge in [-0.05, 0) is 68.6 Å². The van der Waals surface area contributed by atoms with E-state index < -0.39 is 11.1 Å². The third-order valence-electron chi connectivity index (χ3n) is 8.72. The molecule has 2 amide bonds. The van der Waals surface area contributed by atoms with E-state index in [0.717, 1.165) is 53.6 Å². The molecule has 1 heterocycles. The van der Waals surface area contributed by atoms with Crippen molar-refractivity contribution in [3.63, 3.8) is 0 Å². The van der Waals surface area contributed by atoms with Crippen LogP contribution in [0.4, 0.5) is 5.69 Å². The Bertz CT molecular complexity index is 1350. The number of nitrogens with zero attached hydrogens (tertiary/aromatic N) is 2. The van der Waals surface area contributed by atoms with Crippen LogP contribution < -0.4 is 11.1 Å². The van der Waals surface area contributed by atoms with Gasteiger partial charge in [0.2, 0.25) is 11.8 Å². The Kier molecular flexibility index (Phi) is 7.80. The highest BCUT2D eigenvalue weighted by molar-refractivity contribution is 5.93. The molecule has 3 aromatic rings. The molecule has 0 aliphatic heterocycles. The van der Waals surface area contributed by atoms with Crippen LogP contribution in [0.2, 0.25) is 0 Å². The summed E-state index contributed by atoms with van der Waals surface area (Å²) in [4.78, 5) is 31.3. The number of carbonyl (C=O) groups excluding carboxylic acids is 2. The minimum absolute atomic E-state index is 0.00841. The van der Waals surface area contributed by atoms with Gasteiger partial charge in [-0.15, -0.1) is 0 Å². The third kappa shape index (κ3) is 6.11. The summed E-state index contributed by atoms with van der Waals surface area (Å²) in [7, 11) is 1.86. The van der Waals surface area contributed by atoms with Gasteiger partial charge >= 0.3 is 0 Å². The molecule has 210 valence electrons. The first kappa shape index (κ1) is 28.0. The summed E-state index contributed by atoms with van der Waals surface area (Å²) < 4.78 is 0. The van der Waals surface area contributed by atoms with Crippen LogP contribution in [-0.2, 0) is 15.1 Å². The van der Waals surface area contributed by atoms with E-state index in [0.29, 0.717) is 30.9 Å². The average Bonchev–Trinajstić information content (AvgIpc) is 2.92. The highest BCUT2D eigenvalue weighted by Gasteiger charge is 2.49. The van der Waals surface area contributed by atoms with Crippen molar-refractivity contribution in [2.45, 2.75) is 76.0 Å².